The SMILES string of the molecule is CC(F)[C@]1(COP(=O)(O)OP(=O)(O)OP(=O)(O)O)OC(n2ccc(=O)[nH]c2=O)[C@H](Cl)[C@@H]1O. The Bertz CT molecular complexity index is 1100. The lowest BCUT2D eigenvalue weighted by atomic mass is 9.93. The van der Waals surface area contributed by atoms with Gasteiger partial charge in [0.15, 0.2) is 11.8 Å². The molecule has 0 aliphatic carbocycles. The van der Waals surface area contributed by atoms with Crippen LogP contribution >= 0.6 is 35.1 Å². The van der Waals surface area contributed by atoms with Crippen LogP contribution in [0.25, 0.3) is 0 Å². The molecular formula is C11H17ClFN2O14P3. The number of nitrogens with one attached hydrogen (secondary N) is 1. The van der Waals surface area contributed by atoms with Crippen LogP contribution in [-0.4, -0.2) is 64.1 Å². The summed E-state index contributed by atoms with van der Waals surface area (Å²) in [5.41, 5.74) is -4.37. The summed E-state index contributed by atoms with van der Waals surface area (Å²) >= 11 is 6.03. The van der Waals surface area contributed by atoms with Gasteiger partial charge in [0.2, 0.25) is 0 Å². The minimum Gasteiger partial charge on any atom is -0.388 e. The zero-order valence-electron chi connectivity index (χ0n) is 15.6. The first-order valence-corrected chi connectivity index (χ1v) is 13.1. The van der Waals surface area contributed by atoms with E-state index in [-0.39, 0.29) is 0 Å². The van der Waals surface area contributed by atoms with Crippen molar-refractivity contribution in [3.05, 3.63) is 33.1 Å². The summed E-state index contributed by atoms with van der Waals surface area (Å²) in [6.07, 6.45) is -4.91. The molecule has 0 bridgehead atoms. The van der Waals surface area contributed by atoms with E-state index in [2.05, 4.69) is 13.1 Å². The molecule has 6 N–H and O–H groups in total. The summed E-state index contributed by atoms with van der Waals surface area (Å²) in [5.74, 6) is 0. The number of aliphatic hydroxyl groups is 1. The van der Waals surface area contributed by atoms with Gasteiger partial charge in [-0.05, 0) is 6.92 Å². The molecule has 1 fully saturated rings. The topological polar surface area (TPSA) is 244 Å². The summed E-state index contributed by atoms with van der Waals surface area (Å²) in [5, 5.41) is 8.86. The number of aliphatic hydroxyl groups excluding tert-OH is 1. The molecule has 1 aliphatic heterocycles. The largest absolute Gasteiger partial charge is 0.490 e. The normalized spacial score (nSPS) is 31.1. The molecule has 32 heavy (non-hydrogen) atoms. The minimum absolute atomic E-state index is 0.692. The number of hydrogen-bond donors (Lipinski definition) is 6. The van der Waals surface area contributed by atoms with E-state index in [1.807, 2.05) is 4.98 Å². The average molecular weight is 549 g/mol. The zero-order chi connectivity index (χ0) is 24.7. The van der Waals surface area contributed by atoms with E-state index in [0.29, 0.717) is 4.57 Å². The van der Waals surface area contributed by atoms with Crippen LogP contribution in [0.2, 0.25) is 0 Å². The third-order valence-corrected chi connectivity index (χ3v) is 8.32. The average Bonchev–Trinajstić information content (AvgIpc) is 2.83. The summed E-state index contributed by atoms with van der Waals surface area (Å²) < 4.78 is 65.9. The maximum Gasteiger partial charge on any atom is 0.490 e. The predicted molar refractivity (Wildman–Crippen MR) is 100 cm³/mol. The van der Waals surface area contributed by atoms with Crippen LogP contribution in [0.1, 0.15) is 13.2 Å². The van der Waals surface area contributed by atoms with Crippen molar-refractivity contribution >= 4 is 35.1 Å². The Morgan fingerprint density at radius 2 is 1.84 bits per heavy atom. The summed E-state index contributed by atoms with van der Waals surface area (Å²) in [6, 6.07) is 0.895. The van der Waals surface area contributed by atoms with Crippen molar-refractivity contribution in [1.82, 2.24) is 9.55 Å². The van der Waals surface area contributed by atoms with Gasteiger partial charge < -0.3 is 29.4 Å². The van der Waals surface area contributed by atoms with Crippen LogP contribution in [0.3, 0.4) is 0 Å². The van der Waals surface area contributed by atoms with E-state index in [0.717, 1.165) is 19.2 Å². The molecule has 1 saturated heterocycles. The Balaban J connectivity index is 2.28. The van der Waals surface area contributed by atoms with Gasteiger partial charge in [0.25, 0.3) is 5.56 Å². The van der Waals surface area contributed by atoms with Crippen molar-refractivity contribution in [2.75, 3.05) is 6.61 Å². The number of H-pyrrole nitrogens is 1. The van der Waals surface area contributed by atoms with Crippen LogP contribution < -0.4 is 11.2 Å². The molecule has 0 radical (unpaired) electrons. The summed E-state index contributed by atoms with van der Waals surface area (Å²) in [7, 11) is -17.2. The number of aromatic amines is 1. The molecule has 0 aromatic carbocycles. The predicted octanol–water partition coefficient (Wildman–Crippen LogP) is -0.526. The van der Waals surface area contributed by atoms with E-state index < -0.39 is 70.8 Å². The first-order valence-electron chi connectivity index (χ1n) is 8.13. The Morgan fingerprint density at radius 3 is 2.34 bits per heavy atom. The number of nitrogens with zero attached hydrogens (tertiary/aromatic N) is 1. The molecule has 21 heteroatoms. The second-order valence-corrected chi connectivity index (χ2v) is 11.3. The minimum atomic E-state index is -5.84. The highest BCUT2D eigenvalue weighted by Gasteiger charge is 2.59. The van der Waals surface area contributed by atoms with Crippen LogP contribution in [0.5, 0.6) is 0 Å². The van der Waals surface area contributed by atoms with E-state index in [1.165, 1.54) is 0 Å². The molecule has 1 aromatic heterocycles. The van der Waals surface area contributed by atoms with E-state index in [4.69, 9.17) is 31.0 Å². The first kappa shape index (κ1) is 27.5. The number of rotatable bonds is 9. The number of phosphoric acid groups is 3. The number of aromatic nitrogens is 2. The molecule has 4 unspecified atom stereocenters. The monoisotopic (exact) mass is 548 g/mol. The lowest BCUT2D eigenvalue weighted by Gasteiger charge is -2.33. The van der Waals surface area contributed by atoms with Gasteiger partial charge in [-0.25, -0.2) is 22.9 Å². The van der Waals surface area contributed by atoms with E-state index in [9.17, 15) is 37.7 Å². The smallest absolute Gasteiger partial charge is 0.388 e. The Kier molecular flexibility index (Phi) is 8.13. The summed E-state index contributed by atoms with van der Waals surface area (Å²) in [4.78, 5) is 60.8. The molecular weight excluding hydrogens is 531 g/mol. The molecule has 0 saturated carbocycles. The third kappa shape index (κ3) is 6.42. The number of alkyl halides is 2. The lowest BCUT2D eigenvalue weighted by Crippen LogP contribution is -2.52. The van der Waals surface area contributed by atoms with Crippen molar-refractivity contribution in [1.29, 1.82) is 0 Å². The number of phosphoric ester groups is 1. The Morgan fingerprint density at radius 1 is 1.25 bits per heavy atom. The molecule has 7 atom stereocenters. The number of ether oxygens (including phenoxy) is 1. The molecule has 0 amide bonds. The molecule has 1 aromatic rings. The molecule has 0 spiro atoms. The molecule has 2 heterocycles. The van der Waals surface area contributed by atoms with Crippen molar-refractivity contribution in [3.8, 4) is 0 Å². The third-order valence-electron chi connectivity index (χ3n) is 4.08. The van der Waals surface area contributed by atoms with Crippen molar-refractivity contribution in [2.24, 2.45) is 0 Å². The van der Waals surface area contributed by atoms with Gasteiger partial charge in [0, 0.05) is 12.3 Å². The number of hydrogen-bond acceptors (Lipinski definition) is 10. The molecule has 184 valence electrons. The second-order valence-electron chi connectivity index (χ2n) is 6.35. The van der Waals surface area contributed by atoms with Gasteiger partial charge in [-0.1, -0.05) is 0 Å². The van der Waals surface area contributed by atoms with Gasteiger partial charge in [-0.3, -0.25) is 18.9 Å². The fourth-order valence-corrected chi connectivity index (χ4v) is 6.12. The van der Waals surface area contributed by atoms with Crippen LogP contribution in [0.15, 0.2) is 21.9 Å². The second kappa shape index (κ2) is 9.47. The lowest BCUT2D eigenvalue weighted by molar-refractivity contribution is -0.158. The highest BCUT2D eigenvalue weighted by molar-refractivity contribution is 7.66. The van der Waals surface area contributed by atoms with Gasteiger partial charge in [-0.2, -0.15) is 8.62 Å². The highest BCUT2D eigenvalue weighted by atomic mass is 35.5. The summed E-state index contributed by atoms with van der Waals surface area (Å²) in [6.45, 7) is -0.543. The number of halogens is 2. The highest BCUT2D eigenvalue weighted by Crippen LogP contribution is 2.66. The Labute approximate surface area is 181 Å². The molecule has 1 aliphatic rings. The van der Waals surface area contributed by atoms with Crippen molar-refractivity contribution < 1.29 is 60.6 Å². The maximum atomic E-state index is 14.5. The van der Waals surface area contributed by atoms with Crippen molar-refractivity contribution in [3.63, 3.8) is 0 Å². The molecule has 2 rings (SSSR count). The quantitative estimate of drug-likeness (QED) is 0.168. The fraction of sp³-hybridized carbons (Fsp3) is 0.636. The van der Waals surface area contributed by atoms with Crippen LogP contribution in [-0.2, 0) is 31.6 Å². The standard InChI is InChI=1S/C11H17ClFN2O14P3/c1-5(13)11(4-26-31(22,23)29-32(24,25)28-30(19,20)21)8(17)7(12)9(27-11)15-3-2-6(16)14-10(15)18/h2-3,5,7-9,17H,4H2,1H3,(H,22,23)(H,24,25)(H,14,16,18)(H2,19,20,21)/t5?,7-,8+,9?,11+/m1/s1. The Hall–Kier alpha value is -0.770. The molecule has 16 nitrogen and oxygen atoms in total. The fourth-order valence-electron chi connectivity index (χ4n) is 2.67. The van der Waals surface area contributed by atoms with Crippen LogP contribution in [0.4, 0.5) is 4.39 Å². The van der Waals surface area contributed by atoms with Gasteiger partial charge >= 0.3 is 29.2 Å². The van der Waals surface area contributed by atoms with E-state index >= 15 is 0 Å². The van der Waals surface area contributed by atoms with Gasteiger partial charge in [0.1, 0.15) is 17.7 Å². The zero-order valence-corrected chi connectivity index (χ0v) is 19.1. The van der Waals surface area contributed by atoms with Gasteiger partial charge in [0.05, 0.1) is 6.61 Å². The first-order chi connectivity index (χ1) is 14.4. The van der Waals surface area contributed by atoms with Crippen LogP contribution in [0, 0.1) is 0 Å². The van der Waals surface area contributed by atoms with Crippen molar-refractivity contribution in [2.45, 2.75) is 36.4 Å². The maximum absolute atomic E-state index is 14.5. The van der Waals surface area contributed by atoms with E-state index in [1.54, 1.807) is 0 Å². The van der Waals surface area contributed by atoms with Gasteiger partial charge in [-0.15, -0.1) is 11.6 Å².